The molecule has 5 nitrogen and oxygen atoms in total. The lowest BCUT2D eigenvalue weighted by atomic mass is 10.2. The van der Waals surface area contributed by atoms with Crippen LogP contribution in [0.1, 0.15) is 22.6 Å². The highest BCUT2D eigenvalue weighted by Gasteiger charge is 2.12. The van der Waals surface area contributed by atoms with Gasteiger partial charge in [0, 0.05) is 6.20 Å². The van der Waals surface area contributed by atoms with Gasteiger partial charge in [-0.1, -0.05) is 17.7 Å². The van der Waals surface area contributed by atoms with Crippen molar-refractivity contribution < 1.29 is 0 Å². The van der Waals surface area contributed by atoms with E-state index in [1.54, 1.807) is 6.20 Å². The number of aromatic amines is 1. The number of aromatic nitrogens is 4. The van der Waals surface area contributed by atoms with E-state index in [1.165, 1.54) is 5.56 Å². The van der Waals surface area contributed by atoms with Gasteiger partial charge >= 0.3 is 0 Å². The van der Waals surface area contributed by atoms with Gasteiger partial charge in [-0.2, -0.15) is 10.2 Å². The van der Waals surface area contributed by atoms with Crippen LogP contribution in [0.2, 0.25) is 0 Å². The molecule has 2 heterocycles. The molecular weight excluding hydrogens is 298 g/mol. The van der Waals surface area contributed by atoms with Gasteiger partial charge in [0.05, 0.1) is 35.0 Å². The lowest BCUT2D eigenvalue weighted by molar-refractivity contribution is 0.833. The van der Waals surface area contributed by atoms with Crippen LogP contribution in [-0.2, 0) is 6.54 Å². The van der Waals surface area contributed by atoms with E-state index in [-0.39, 0.29) is 12.4 Å². The highest BCUT2D eigenvalue weighted by atomic mass is 35.5. The molecule has 0 saturated carbocycles. The van der Waals surface area contributed by atoms with Crippen molar-refractivity contribution in [2.45, 2.75) is 27.3 Å². The summed E-state index contributed by atoms with van der Waals surface area (Å²) in [5, 5.41) is 15.0. The number of nitrogens with zero attached hydrogens (tertiary/aromatic N) is 3. The van der Waals surface area contributed by atoms with Gasteiger partial charge in [0.15, 0.2) is 0 Å². The molecule has 0 aliphatic carbocycles. The molecule has 0 bridgehead atoms. The number of benzene rings is 1. The van der Waals surface area contributed by atoms with Gasteiger partial charge < -0.3 is 5.32 Å². The molecule has 0 amide bonds. The average Bonchev–Trinajstić information content (AvgIpc) is 3.07. The van der Waals surface area contributed by atoms with E-state index in [9.17, 15) is 0 Å². The van der Waals surface area contributed by atoms with Crippen molar-refractivity contribution in [3.05, 3.63) is 59.2 Å². The van der Waals surface area contributed by atoms with Crippen LogP contribution in [0.5, 0.6) is 0 Å². The minimum atomic E-state index is 0. The fraction of sp³-hybridized carbons (Fsp3) is 0.250. The second kappa shape index (κ2) is 6.66. The normalized spacial score (nSPS) is 10.3. The highest BCUT2D eigenvalue weighted by Crippen LogP contribution is 2.23. The summed E-state index contributed by atoms with van der Waals surface area (Å²) < 4.78 is 1.98. The first-order valence-corrected chi connectivity index (χ1v) is 7.00. The molecule has 0 aliphatic rings. The second-order valence-corrected chi connectivity index (χ2v) is 5.23. The first kappa shape index (κ1) is 16.1. The molecule has 2 aromatic heterocycles. The number of rotatable bonds is 4. The Labute approximate surface area is 136 Å². The maximum atomic E-state index is 4.64. The Bertz CT molecular complexity index is 729. The molecule has 6 heteroatoms. The zero-order chi connectivity index (χ0) is 14.8. The van der Waals surface area contributed by atoms with E-state index in [0.717, 1.165) is 28.5 Å². The molecule has 3 aromatic rings. The van der Waals surface area contributed by atoms with Crippen molar-refractivity contribution >= 4 is 18.1 Å². The molecule has 0 atom stereocenters. The summed E-state index contributed by atoms with van der Waals surface area (Å²) >= 11 is 0. The van der Waals surface area contributed by atoms with E-state index >= 15 is 0 Å². The molecule has 0 fully saturated rings. The molecule has 0 aliphatic heterocycles. The van der Waals surface area contributed by atoms with Crippen molar-refractivity contribution in [2.75, 3.05) is 5.32 Å². The van der Waals surface area contributed by atoms with Crippen LogP contribution < -0.4 is 5.32 Å². The summed E-state index contributed by atoms with van der Waals surface area (Å²) in [6.07, 6.45) is 1.76. The number of halogens is 1. The van der Waals surface area contributed by atoms with Gasteiger partial charge in [-0.15, -0.1) is 12.4 Å². The maximum Gasteiger partial charge on any atom is 0.0832 e. The van der Waals surface area contributed by atoms with Gasteiger partial charge in [0.2, 0.25) is 0 Å². The van der Waals surface area contributed by atoms with E-state index in [2.05, 4.69) is 58.7 Å². The van der Waals surface area contributed by atoms with Gasteiger partial charge in [-0.25, -0.2) is 4.68 Å². The van der Waals surface area contributed by atoms with Crippen LogP contribution >= 0.6 is 12.4 Å². The number of nitrogens with one attached hydrogen (secondary N) is 2. The van der Waals surface area contributed by atoms with Gasteiger partial charge in [0.1, 0.15) is 0 Å². The topological polar surface area (TPSA) is 58.5 Å². The van der Waals surface area contributed by atoms with Crippen LogP contribution in [0.4, 0.5) is 5.69 Å². The number of hydrogen-bond acceptors (Lipinski definition) is 3. The molecule has 0 spiro atoms. The van der Waals surface area contributed by atoms with E-state index < -0.39 is 0 Å². The quantitative estimate of drug-likeness (QED) is 0.773. The van der Waals surface area contributed by atoms with E-state index in [4.69, 9.17) is 0 Å². The molecule has 0 saturated heterocycles. The highest BCUT2D eigenvalue weighted by molar-refractivity contribution is 5.85. The Balaban J connectivity index is 0.00000176. The summed E-state index contributed by atoms with van der Waals surface area (Å²) in [5.74, 6) is 0. The molecular formula is C16H20ClN5. The fourth-order valence-corrected chi connectivity index (χ4v) is 2.40. The number of anilines is 1. The summed E-state index contributed by atoms with van der Waals surface area (Å²) in [5.41, 5.74) is 6.55. The molecule has 2 N–H and O–H groups in total. The minimum Gasteiger partial charge on any atom is -0.376 e. The van der Waals surface area contributed by atoms with E-state index in [1.807, 2.05) is 17.7 Å². The van der Waals surface area contributed by atoms with Crippen LogP contribution in [0.3, 0.4) is 0 Å². The molecule has 116 valence electrons. The Morgan fingerprint density at radius 1 is 1.09 bits per heavy atom. The Hall–Kier alpha value is -2.27. The summed E-state index contributed by atoms with van der Waals surface area (Å²) in [7, 11) is 0. The smallest absolute Gasteiger partial charge is 0.0832 e. The monoisotopic (exact) mass is 317 g/mol. The number of aryl methyl sites for hydroxylation is 2. The zero-order valence-electron chi connectivity index (χ0n) is 12.9. The van der Waals surface area contributed by atoms with Crippen LogP contribution in [0, 0.1) is 20.8 Å². The molecule has 0 unspecified atom stereocenters. The summed E-state index contributed by atoms with van der Waals surface area (Å²) in [6, 6.07) is 10.3. The lowest BCUT2D eigenvalue weighted by Gasteiger charge is -2.07. The van der Waals surface area contributed by atoms with Gasteiger partial charge in [-0.05, 0) is 39.0 Å². The number of hydrogen-bond donors (Lipinski definition) is 2. The first-order valence-electron chi connectivity index (χ1n) is 7.00. The first-order chi connectivity index (χ1) is 10.1. The predicted octanol–water partition coefficient (Wildman–Crippen LogP) is 3.55. The third-order valence-electron chi connectivity index (χ3n) is 3.58. The van der Waals surface area contributed by atoms with Crippen molar-refractivity contribution in [3.8, 4) is 5.69 Å². The zero-order valence-corrected chi connectivity index (χ0v) is 13.7. The van der Waals surface area contributed by atoms with E-state index in [0.29, 0.717) is 6.54 Å². The van der Waals surface area contributed by atoms with Crippen LogP contribution in [0.15, 0.2) is 36.5 Å². The third-order valence-corrected chi connectivity index (χ3v) is 3.58. The maximum absolute atomic E-state index is 4.64. The van der Waals surface area contributed by atoms with Crippen molar-refractivity contribution in [3.63, 3.8) is 0 Å². The van der Waals surface area contributed by atoms with Crippen molar-refractivity contribution in [1.82, 2.24) is 20.0 Å². The van der Waals surface area contributed by atoms with Gasteiger partial charge in [-0.3, -0.25) is 5.10 Å². The fourth-order valence-electron chi connectivity index (χ4n) is 2.40. The second-order valence-electron chi connectivity index (χ2n) is 5.23. The largest absolute Gasteiger partial charge is 0.376 e. The molecule has 22 heavy (non-hydrogen) atoms. The summed E-state index contributed by atoms with van der Waals surface area (Å²) in [6.45, 7) is 6.89. The average molecular weight is 318 g/mol. The van der Waals surface area contributed by atoms with Crippen molar-refractivity contribution in [1.29, 1.82) is 0 Å². The standard InChI is InChI=1S/C16H19N5.ClH/c1-11-4-6-15(7-5-11)21-13(3)16(12(2)20-21)17-10-14-8-9-18-19-14;/h4-9,17H,10H2,1-3H3,(H,18,19);1H. The van der Waals surface area contributed by atoms with Crippen molar-refractivity contribution in [2.24, 2.45) is 0 Å². The minimum absolute atomic E-state index is 0. The number of H-pyrrole nitrogens is 1. The molecule has 0 radical (unpaired) electrons. The van der Waals surface area contributed by atoms with Crippen LogP contribution in [-0.4, -0.2) is 20.0 Å². The van der Waals surface area contributed by atoms with Crippen LogP contribution in [0.25, 0.3) is 5.69 Å². The van der Waals surface area contributed by atoms with Gasteiger partial charge in [0.25, 0.3) is 0 Å². The molecule has 1 aromatic carbocycles. The SMILES string of the molecule is Cc1ccc(-n2nc(C)c(NCc3ccn[nH]3)c2C)cc1.Cl. The Morgan fingerprint density at radius 2 is 1.82 bits per heavy atom. The molecule has 3 rings (SSSR count). The lowest BCUT2D eigenvalue weighted by Crippen LogP contribution is -2.03. The third kappa shape index (κ3) is 3.14. The predicted molar refractivity (Wildman–Crippen MR) is 90.9 cm³/mol. The summed E-state index contributed by atoms with van der Waals surface area (Å²) in [4.78, 5) is 0. The Morgan fingerprint density at radius 3 is 2.45 bits per heavy atom. The Kier molecular flexibility index (Phi) is 4.88.